The van der Waals surface area contributed by atoms with Gasteiger partial charge in [0.1, 0.15) is 0 Å². The van der Waals surface area contributed by atoms with E-state index in [9.17, 15) is 5.11 Å². The van der Waals surface area contributed by atoms with Crippen molar-refractivity contribution in [2.45, 2.75) is 84.0 Å². The minimum atomic E-state index is -0.726. The Balaban J connectivity index is 1.73. The fourth-order valence-electron chi connectivity index (χ4n) is 4.90. The predicted octanol–water partition coefficient (Wildman–Crippen LogP) is 4.63. The molecule has 0 unspecified atom stereocenters. The number of ether oxygens (including phenoxy) is 1. The van der Waals surface area contributed by atoms with Crippen LogP contribution in [-0.4, -0.2) is 22.4 Å². The van der Waals surface area contributed by atoms with Crippen LogP contribution in [0.15, 0.2) is 23.8 Å². The van der Waals surface area contributed by atoms with E-state index in [0.717, 1.165) is 5.92 Å². The molecule has 0 bridgehead atoms. The maximum Gasteiger partial charge on any atom is 0.0920 e. The molecular weight excluding hydrogens is 272 g/mol. The molecule has 2 saturated carbocycles. The molecule has 0 radical (unpaired) electrons. The lowest BCUT2D eigenvalue weighted by Gasteiger charge is -2.33. The van der Waals surface area contributed by atoms with Gasteiger partial charge >= 0.3 is 0 Å². The summed E-state index contributed by atoms with van der Waals surface area (Å²) in [7, 11) is 0. The van der Waals surface area contributed by atoms with Crippen LogP contribution in [0.1, 0.15) is 66.7 Å². The number of hydrogen-bond donors (Lipinski definition) is 1. The van der Waals surface area contributed by atoms with Crippen LogP contribution in [0.5, 0.6) is 0 Å². The van der Waals surface area contributed by atoms with E-state index in [-0.39, 0.29) is 5.60 Å². The van der Waals surface area contributed by atoms with Gasteiger partial charge in [-0.1, -0.05) is 30.7 Å². The first-order valence-electron chi connectivity index (χ1n) is 8.89. The number of allylic oxidation sites excluding steroid dienone is 3. The Labute approximate surface area is 135 Å². The van der Waals surface area contributed by atoms with Crippen LogP contribution >= 0.6 is 0 Å². The summed E-state index contributed by atoms with van der Waals surface area (Å²) in [5, 5.41) is 9.79. The van der Waals surface area contributed by atoms with Crippen molar-refractivity contribution in [1.29, 1.82) is 0 Å². The van der Waals surface area contributed by atoms with Gasteiger partial charge in [-0.25, -0.2) is 0 Å². The van der Waals surface area contributed by atoms with Gasteiger partial charge in [0, 0.05) is 0 Å². The Bertz CT molecular complexity index is 498. The number of fused-ring (bicyclic) bond motifs is 2. The first-order valence-corrected chi connectivity index (χ1v) is 8.89. The molecule has 0 aromatic carbocycles. The van der Waals surface area contributed by atoms with Gasteiger partial charge < -0.3 is 9.84 Å². The SMILES string of the molecule is C/C(=C\C=C\C(C)(C)O)[C@@H]1CC[C@]2(C)C[C@@H]3O[C@]3(C)CC[C@@H]12. The molecular formula is C20H32O2. The summed E-state index contributed by atoms with van der Waals surface area (Å²) < 4.78 is 5.96. The number of rotatable bonds is 3. The standard InChI is InChI=1S/C20H32O2/c1-14(7-6-10-18(2,3)21)15-8-11-19(4)13-17-20(5,22-17)12-9-16(15)19/h6-7,10,15-17,21H,8-9,11-13H2,1-5H3/b10-6+,14-7+/t15-,16-,17-,19+,20+/m0/s1. The maximum atomic E-state index is 9.79. The van der Waals surface area contributed by atoms with Crippen LogP contribution in [0, 0.1) is 17.3 Å². The molecule has 22 heavy (non-hydrogen) atoms. The summed E-state index contributed by atoms with van der Waals surface area (Å²) >= 11 is 0. The second-order valence-electron chi connectivity index (χ2n) is 8.99. The molecule has 3 aliphatic rings. The summed E-state index contributed by atoms with van der Waals surface area (Å²) in [6.45, 7) is 10.7. The van der Waals surface area contributed by atoms with Crippen molar-refractivity contribution >= 4 is 0 Å². The Morgan fingerprint density at radius 1 is 1.23 bits per heavy atom. The molecule has 1 aliphatic heterocycles. The van der Waals surface area contributed by atoms with Crippen molar-refractivity contribution in [3.8, 4) is 0 Å². The fraction of sp³-hybridized carbons (Fsp3) is 0.800. The average Bonchev–Trinajstić information content (AvgIpc) is 2.89. The van der Waals surface area contributed by atoms with E-state index in [1.165, 1.54) is 37.7 Å². The van der Waals surface area contributed by atoms with E-state index < -0.39 is 5.60 Å². The van der Waals surface area contributed by atoms with Crippen molar-refractivity contribution in [3.05, 3.63) is 23.8 Å². The fourth-order valence-corrected chi connectivity index (χ4v) is 4.90. The Morgan fingerprint density at radius 2 is 1.95 bits per heavy atom. The zero-order valence-electron chi connectivity index (χ0n) is 14.9. The molecule has 1 heterocycles. The minimum Gasteiger partial charge on any atom is -0.386 e. The summed E-state index contributed by atoms with van der Waals surface area (Å²) in [6, 6.07) is 0. The highest BCUT2D eigenvalue weighted by molar-refractivity contribution is 5.20. The van der Waals surface area contributed by atoms with Gasteiger partial charge in [-0.2, -0.15) is 0 Å². The predicted molar refractivity (Wildman–Crippen MR) is 90.6 cm³/mol. The van der Waals surface area contributed by atoms with E-state index in [1.807, 2.05) is 26.0 Å². The zero-order chi connectivity index (χ0) is 16.2. The molecule has 2 heteroatoms. The van der Waals surface area contributed by atoms with Crippen LogP contribution in [0.4, 0.5) is 0 Å². The number of hydrogen-bond acceptors (Lipinski definition) is 2. The monoisotopic (exact) mass is 304 g/mol. The van der Waals surface area contributed by atoms with Crippen LogP contribution in [0.2, 0.25) is 0 Å². The van der Waals surface area contributed by atoms with Crippen molar-refractivity contribution < 1.29 is 9.84 Å². The molecule has 0 spiro atoms. The van der Waals surface area contributed by atoms with Crippen LogP contribution < -0.4 is 0 Å². The van der Waals surface area contributed by atoms with Crippen molar-refractivity contribution in [3.63, 3.8) is 0 Å². The maximum absolute atomic E-state index is 9.79. The van der Waals surface area contributed by atoms with Gasteiger partial charge in [-0.15, -0.1) is 0 Å². The van der Waals surface area contributed by atoms with E-state index in [0.29, 0.717) is 17.4 Å². The molecule has 124 valence electrons. The third-order valence-electron chi connectivity index (χ3n) is 6.49. The summed E-state index contributed by atoms with van der Waals surface area (Å²) in [6.07, 6.45) is 13.1. The summed E-state index contributed by atoms with van der Waals surface area (Å²) in [5.74, 6) is 1.50. The highest BCUT2D eigenvalue weighted by atomic mass is 16.6. The molecule has 0 aromatic heterocycles. The van der Waals surface area contributed by atoms with Gasteiger partial charge in [0.25, 0.3) is 0 Å². The number of aliphatic hydroxyl groups is 1. The van der Waals surface area contributed by atoms with Gasteiger partial charge in [-0.05, 0) is 77.0 Å². The largest absolute Gasteiger partial charge is 0.386 e. The van der Waals surface area contributed by atoms with E-state index in [4.69, 9.17) is 4.74 Å². The van der Waals surface area contributed by atoms with E-state index in [1.54, 1.807) is 0 Å². The van der Waals surface area contributed by atoms with Gasteiger partial charge in [0.05, 0.1) is 17.3 Å². The van der Waals surface area contributed by atoms with Crippen molar-refractivity contribution in [2.24, 2.45) is 17.3 Å². The zero-order valence-corrected chi connectivity index (χ0v) is 14.9. The molecule has 1 N–H and O–H groups in total. The molecule has 3 rings (SSSR count). The van der Waals surface area contributed by atoms with E-state index >= 15 is 0 Å². The lowest BCUT2D eigenvalue weighted by molar-refractivity contribution is 0.133. The van der Waals surface area contributed by atoms with Crippen LogP contribution in [0.25, 0.3) is 0 Å². The minimum absolute atomic E-state index is 0.191. The lowest BCUT2D eigenvalue weighted by Crippen LogP contribution is -2.26. The first kappa shape index (κ1) is 16.3. The van der Waals surface area contributed by atoms with Gasteiger partial charge in [0.15, 0.2) is 0 Å². The summed E-state index contributed by atoms with van der Waals surface area (Å²) in [5.41, 5.74) is 1.40. The quantitative estimate of drug-likeness (QED) is 0.609. The second kappa shape index (κ2) is 5.21. The second-order valence-corrected chi connectivity index (χ2v) is 8.99. The van der Waals surface area contributed by atoms with Crippen molar-refractivity contribution in [2.75, 3.05) is 0 Å². The molecule has 0 amide bonds. The van der Waals surface area contributed by atoms with Crippen LogP contribution in [-0.2, 0) is 4.74 Å². The Morgan fingerprint density at radius 3 is 2.64 bits per heavy atom. The van der Waals surface area contributed by atoms with E-state index in [2.05, 4.69) is 26.8 Å². The highest BCUT2D eigenvalue weighted by Crippen LogP contribution is 2.61. The molecule has 5 atom stereocenters. The number of epoxide rings is 1. The Hall–Kier alpha value is -0.600. The van der Waals surface area contributed by atoms with Crippen molar-refractivity contribution in [1.82, 2.24) is 0 Å². The molecule has 3 fully saturated rings. The third kappa shape index (κ3) is 3.05. The van der Waals surface area contributed by atoms with Gasteiger partial charge in [0.2, 0.25) is 0 Å². The van der Waals surface area contributed by atoms with Gasteiger partial charge in [-0.3, -0.25) is 0 Å². The molecule has 1 saturated heterocycles. The Kier molecular flexibility index (Phi) is 3.85. The van der Waals surface area contributed by atoms with Crippen LogP contribution in [0.3, 0.4) is 0 Å². The highest BCUT2D eigenvalue weighted by Gasteiger charge is 2.60. The smallest absolute Gasteiger partial charge is 0.0920 e. The average molecular weight is 304 g/mol. The topological polar surface area (TPSA) is 32.8 Å². The molecule has 0 aromatic rings. The first-order chi connectivity index (χ1) is 10.1. The molecule has 2 nitrogen and oxygen atoms in total. The normalized spacial score (nSPS) is 45.5. The summed E-state index contributed by atoms with van der Waals surface area (Å²) in [4.78, 5) is 0. The third-order valence-corrected chi connectivity index (χ3v) is 6.49. The lowest BCUT2D eigenvalue weighted by atomic mass is 9.72. The molecule has 2 aliphatic carbocycles.